The van der Waals surface area contributed by atoms with Crippen LogP contribution in [0.5, 0.6) is 0 Å². The molecule has 98 valence electrons. The van der Waals surface area contributed by atoms with Crippen molar-refractivity contribution >= 4 is 11.6 Å². The third-order valence-electron chi connectivity index (χ3n) is 2.68. The molecule has 5 heteroatoms. The average Bonchev–Trinajstić information content (AvgIpc) is 2.42. The van der Waals surface area contributed by atoms with Gasteiger partial charge in [-0.05, 0) is 24.1 Å². The van der Waals surface area contributed by atoms with Gasteiger partial charge in [-0.3, -0.25) is 9.59 Å². The van der Waals surface area contributed by atoms with Crippen LogP contribution in [0.4, 0.5) is 5.69 Å². The van der Waals surface area contributed by atoms with E-state index in [9.17, 15) is 9.59 Å². The molecule has 0 fully saturated rings. The van der Waals surface area contributed by atoms with Gasteiger partial charge in [-0.1, -0.05) is 12.1 Å². The fraction of sp³-hybridized carbons (Fsp3) is 0.143. The first-order valence-corrected chi connectivity index (χ1v) is 5.89. The summed E-state index contributed by atoms with van der Waals surface area (Å²) in [7, 11) is 0. The lowest BCUT2D eigenvalue weighted by molar-refractivity contribution is 0.102. The van der Waals surface area contributed by atoms with Gasteiger partial charge in [0.2, 0.25) is 0 Å². The normalized spacial score (nSPS) is 10.2. The molecule has 19 heavy (non-hydrogen) atoms. The topological polar surface area (TPSA) is 82.2 Å². The Labute approximate surface area is 109 Å². The van der Waals surface area contributed by atoms with Gasteiger partial charge in [-0.2, -0.15) is 0 Å². The van der Waals surface area contributed by atoms with Crippen molar-refractivity contribution in [3.63, 3.8) is 0 Å². The highest BCUT2D eigenvalue weighted by molar-refractivity contribution is 6.03. The number of aromatic amines is 1. The third-order valence-corrected chi connectivity index (χ3v) is 2.68. The molecule has 0 atom stereocenters. The first-order valence-electron chi connectivity index (χ1n) is 5.89. The second kappa shape index (κ2) is 5.97. The summed E-state index contributed by atoms with van der Waals surface area (Å²) in [5.41, 5.74) is 1.34. The van der Waals surface area contributed by atoms with Crippen molar-refractivity contribution < 1.29 is 9.90 Å². The van der Waals surface area contributed by atoms with E-state index < -0.39 is 5.91 Å². The molecule has 1 amide bonds. The number of aromatic nitrogens is 1. The van der Waals surface area contributed by atoms with E-state index >= 15 is 0 Å². The van der Waals surface area contributed by atoms with E-state index in [-0.39, 0.29) is 17.6 Å². The number of rotatable bonds is 4. The second-order valence-corrected chi connectivity index (χ2v) is 4.05. The van der Waals surface area contributed by atoms with Crippen molar-refractivity contribution in [1.82, 2.24) is 4.98 Å². The summed E-state index contributed by atoms with van der Waals surface area (Å²) in [5.74, 6) is -0.447. The first kappa shape index (κ1) is 13.0. The molecule has 1 aromatic carbocycles. The predicted molar refractivity (Wildman–Crippen MR) is 72.2 cm³/mol. The number of amides is 1. The lowest BCUT2D eigenvalue weighted by atomic mass is 10.1. The van der Waals surface area contributed by atoms with Crippen molar-refractivity contribution in [1.29, 1.82) is 0 Å². The molecule has 0 aliphatic heterocycles. The molecule has 0 unspecified atom stereocenters. The average molecular weight is 258 g/mol. The summed E-state index contributed by atoms with van der Waals surface area (Å²) in [6.07, 6.45) is 3.42. The Hall–Kier alpha value is -2.40. The number of aliphatic hydroxyl groups is 1. The van der Waals surface area contributed by atoms with Crippen molar-refractivity contribution in [2.24, 2.45) is 0 Å². The Morgan fingerprint density at radius 1 is 1.21 bits per heavy atom. The van der Waals surface area contributed by atoms with Crippen LogP contribution in [0.25, 0.3) is 0 Å². The molecule has 0 radical (unpaired) electrons. The van der Waals surface area contributed by atoms with Crippen LogP contribution < -0.4 is 10.7 Å². The SMILES string of the molecule is O=C(Nc1ccc(CCO)cc1)c1c[nH]ccc1=O. The van der Waals surface area contributed by atoms with Crippen molar-refractivity contribution in [2.45, 2.75) is 6.42 Å². The van der Waals surface area contributed by atoms with E-state index in [1.54, 1.807) is 12.1 Å². The number of pyridine rings is 1. The van der Waals surface area contributed by atoms with Crippen LogP contribution in [0.15, 0.2) is 47.5 Å². The third kappa shape index (κ3) is 3.29. The molecule has 5 nitrogen and oxygen atoms in total. The predicted octanol–water partition coefficient (Wildman–Crippen LogP) is 1.16. The van der Waals surface area contributed by atoms with Gasteiger partial charge < -0.3 is 15.4 Å². The lowest BCUT2D eigenvalue weighted by Gasteiger charge is -2.05. The zero-order valence-electron chi connectivity index (χ0n) is 10.2. The van der Waals surface area contributed by atoms with Crippen LogP contribution in [-0.4, -0.2) is 22.6 Å². The van der Waals surface area contributed by atoms with Crippen LogP contribution in [-0.2, 0) is 6.42 Å². The molecular weight excluding hydrogens is 244 g/mol. The summed E-state index contributed by atoms with van der Waals surface area (Å²) in [5, 5.41) is 11.5. The quantitative estimate of drug-likeness (QED) is 0.769. The molecule has 1 aromatic heterocycles. The molecule has 3 N–H and O–H groups in total. The molecule has 1 heterocycles. The number of hydrogen-bond acceptors (Lipinski definition) is 3. The Morgan fingerprint density at radius 2 is 1.95 bits per heavy atom. The molecule has 0 bridgehead atoms. The highest BCUT2D eigenvalue weighted by Gasteiger charge is 2.09. The van der Waals surface area contributed by atoms with E-state index in [1.165, 1.54) is 18.5 Å². The summed E-state index contributed by atoms with van der Waals surface area (Å²) in [4.78, 5) is 26.1. The zero-order chi connectivity index (χ0) is 13.7. The molecule has 0 saturated heterocycles. The van der Waals surface area contributed by atoms with Gasteiger partial charge in [0.1, 0.15) is 5.56 Å². The van der Waals surface area contributed by atoms with E-state index in [0.717, 1.165) is 5.56 Å². The maximum Gasteiger partial charge on any atom is 0.261 e. The lowest BCUT2D eigenvalue weighted by Crippen LogP contribution is -2.20. The summed E-state index contributed by atoms with van der Waals surface area (Å²) in [6.45, 7) is 0.0884. The van der Waals surface area contributed by atoms with Gasteiger partial charge in [-0.25, -0.2) is 0 Å². The Kier molecular flexibility index (Phi) is 4.10. The first-order chi connectivity index (χ1) is 9.20. The van der Waals surface area contributed by atoms with Gasteiger partial charge in [-0.15, -0.1) is 0 Å². The number of carbonyl (C=O) groups is 1. The standard InChI is InChI=1S/C14H14N2O3/c17-8-6-10-1-3-11(4-2-10)16-14(19)12-9-15-7-5-13(12)18/h1-5,7,9,17H,6,8H2,(H,15,18)(H,16,19). The van der Waals surface area contributed by atoms with Crippen LogP contribution >= 0.6 is 0 Å². The van der Waals surface area contributed by atoms with E-state index in [4.69, 9.17) is 5.11 Å². The van der Waals surface area contributed by atoms with Crippen molar-refractivity contribution in [3.05, 3.63) is 64.1 Å². The zero-order valence-corrected chi connectivity index (χ0v) is 10.2. The molecule has 0 aliphatic carbocycles. The molecule has 0 saturated carbocycles. The summed E-state index contributed by atoms with van der Waals surface area (Å²) < 4.78 is 0. The van der Waals surface area contributed by atoms with E-state index in [0.29, 0.717) is 12.1 Å². The van der Waals surface area contributed by atoms with Crippen LogP contribution in [0.1, 0.15) is 15.9 Å². The van der Waals surface area contributed by atoms with Gasteiger partial charge in [0.05, 0.1) is 0 Å². The highest BCUT2D eigenvalue weighted by atomic mass is 16.3. The van der Waals surface area contributed by atoms with Gasteiger partial charge in [0.15, 0.2) is 5.43 Å². The monoisotopic (exact) mass is 258 g/mol. The molecular formula is C14H14N2O3. The number of H-pyrrole nitrogens is 1. The molecule has 2 rings (SSSR count). The Morgan fingerprint density at radius 3 is 2.58 bits per heavy atom. The fourth-order valence-electron chi connectivity index (χ4n) is 1.68. The molecule has 2 aromatic rings. The van der Waals surface area contributed by atoms with Crippen LogP contribution in [0.3, 0.4) is 0 Å². The Bertz CT molecular complexity index is 617. The smallest absolute Gasteiger partial charge is 0.261 e. The number of carbonyl (C=O) groups excluding carboxylic acids is 1. The minimum Gasteiger partial charge on any atom is -0.396 e. The van der Waals surface area contributed by atoms with Crippen molar-refractivity contribution in [2.75, 3.05) is 11.9 Å². The maximum atomic E-state index is 11.9. The largest absolute Gasteiger partial charge is 0.396 e. The maximum absolute atomic E-state index is 11.9. The van der Waals surface area contributed by atoms with E-state index in [1.807, 2.05) is 12.1 Å². The van der Waals surface area contributed by atoms with Crippen LogP contribution in [0, 0.1) is 0 Å². The van der Waals surface area contributed by atoms with Gasteiger partial charge >= 0.3 is 0 Å². The van der Waals surface area contributed by atoms with Crippen molar-refractivity contribution in [3.8, 4) is 0 Å². The number of hydrogen-bond donors (Lipinski definition) is 3. The van der Waals surface area contributed by atoms with Crippen LogP contribution in [0.2, 0.25) is 0 Å². The minimum atomic E-state index is -0.447. The van der Waals surface area contributed by atoms with Gasteiger partial charge in [0, 0.05) is 30.8 Å². The van der Waals surface area contributed by atoms with Gasteiger partial charge in [0.25, 0.3) is 5.91 Å². The summed E-state index contributed by atoms with van der Waals surface area (Å²) in [6, 6.07) is 8.42. The molecule has 0 spiro atoms. The number of nitrogens with one attached hydrogen (secondary N) is 2. The summed E-state index contributed by atoms with van der Waals surface area (Å²) >= 11 is 0. The van der Waals surface area contributed by atoms with E-state index in [2.05, 4.69) is 10.3 Å². The Balaban J connectivity index is 2.11. The number of aliphatic hydroxyl groups excluding tert-OH is 1. The molecule has 0 aliphatic rings. The fourth-order valence-corrected chi connectivity index (χ4v) is 1.68. The number of benzene rings is 1. The highest BCUT2D eigenvalue weighted by Crippen LogP contribution is 2.10. The second-order valence-electron chi connectivity index (χ2n) is 4.05. The minimum absolute atomic E-state index is 0.0712. The number of anilines is 1.